The number of aromatic nitrogens is 5. The number of para-hydroxylation sites is 1. The van der Waals surface area contributed by atoms with Crippen molar-refractivity contribution in [2.24, 2.45) is 0 Å². The van der Waals surface area contributed by atoms with Crippen molar-refractivity contribution in [2.45, 2.75) is 26.0 Å². The first-order chi connectivity index (χ1) is 15.9. The van der Waals surface area contributed by atoms with Crippen LogP contribution in [0.5, 0.6) is 0 Å². The van der Waals surface area contributed by atoms with Crippen molar-refractivity contribution in [1.29, 1.82) is 0 Å². The second-order valence-corrected chi connectivity index (χ2v) is 7.54. The van der Waals surface area contributed by atoms with Gasteiger partial charge in [0, 0.05) is 41.8 Å². The number of H-pyrrole nitrogens is 1. The van der Waals surface area contributed by atoms with Gasteiger partial charge in [0.25, 0.3) is 5.56 Å². The van der Waals surface area contributed by atoms with Crippen molar-refractivity contribution in [3.8, 4) is 11.3 Å². The van der Waals surface area contributed by atoms with E-state index in [-0.39, 0.29) is 17.7 Å². The van der Waals surface area contributed by atoms with E-state index in [0.717, 1.165) is 22.0 Å². The molecule has 0 aliphatic rings. The highest BCUT2D eigenvalue weighted by Crippen LogP contribution is 2.28. The van der Waals surface area contributed by atoms with Crippen LogP contribution < -0.4 is 16.2 Å². The maximum Gasteiger partial charge on any atom is 0.260 e. The Morgan fingerprint density at radius 3 is 2.81 bits per heavy atom. The van der Waals surface area contributed by atoms with Gasteiger partial charge < -0.3 is 15.4 Å². The van der Waals surface area contributed by atoms with E-state index < -0.39 is 11.8 Å². The van der Waals surface area contributed by atoms with Gasteiger partial charge in [0.2, 0.25) is 0 Å². The Labute approximate surface area is 186 Å². The summed E-state index contributed by atoms with van der Waals surface area (Å²) in [6.07, 6.45) is 2.14. The first-order valence-corrected chi connectivity index (χ1v) is 10.3. The molecule has 0 radical (unpaired) electrons. The predicted molar refractivity (Wildman–Crippen MR) is 123 cm³/mol. The molecule has 0 bridgehead atoms. The number of aryl methyl sites for hydroxylation is 1. The maximum atomic E-state index is 12.3. The van der Waals surface area contributed by atoms with Gasteiger partial charge in [-0.1, -0.05) is 25.1 Å². The van der Waals surface area contributed by atoms with E-state index in [2.05, 4.69) is 42.5 Å². The van der Waals surface area contributed by atoms with Crippen LogP contribution in [0, 0.1) is 6.92 Å². The number of aromatic amines is 1. The molecule has 0 spiro atoms. The van der Waals surface area contributed by atoms with Crippen molar-refractivity contribution < 1.29 is 6.48 Å². The van der Waals surface area contributed by atoms with E-state index in [1.807, 2.05) is 18.2 Å². The van der Waals surface area contributed by atoms with Gasteiger partial charge in [-0.2, -0.15) is 0 Å². The minimum atomic E-state index is -0.778. The van der Waals surface area contributed by atoms with E-state index in [1.54, 1.807) is 32.3 Å². The van der Waals surface area contributed by atoms with Crippen LogP contribution >= 0.6 is 0 Å². The van der Waals surface area contributed by atoms with Crippen LogP contribution in [0.25, 0.3) is 22.2 Å². The highest BCUT2D eigenvalue weighted by molar-refractivity contribution is 5.85. The third kappa shape index (κ3) is 4.34. The highest BCUT2D eigenvalue weighted by Gasteiger charge is 2.15. The van der Waals surface area contributed by atoms with E-state index in [0.29, 0.717) is 23.9 Å². The van der Waals surface area contributed by atoms with Crippen LogP contribution in [0.4, 0.5) is 5.82 Å². The van der Waals surface area contributed by atoms with Gasteiger partial charge in [-0.3, -0.25) is 15.1 Å². The number of hydrogen-bond donors (Lipinski definition) is 4. The summed E-state index contributed by atoms with van der Waals surface area (Å²) in [5, 5.41) is 17.3. The Kier molecular flexibility index (Phi) is 5.82. The molecule has 1 aromatic carbocycles. The van der Waals surface area contributed by atoms with E-state index in [9.17, 15) is 9.90 Å². The fraction of sp³-hybridized carbons (Fsp3) is 0.261. The third-order valence-corrected chi connectivity index (χ3v) is 5.30. The van der Waals surface area contributed by atoms with Crippen molar-refractivity contribution in [3.63, 3.8) is 0 Å². The average molecular weight is 433 g/mol. The molecular formula is C23H25N7O2. The average Bonchev–Trinajstić information content (AvgIpc) is 2.81. The number of aliphatic hydroxyl groups is 1. The van der Waals surface area contributed by atoms with Gasteiger partial charge >= 0.3 is 0 Å². The summed E-state index contributed by atoms with van der Waals surface area (Å²) < 4.78 is 8.04. The second kappa shape index (κ2) is 9.21. The number of pyridine rings is 1. The number of nitrogens with zero attached hydrogens (tertiary/aromatic N) is 4. The van der Waals surface area contributed by atoms with Crippen molar-refractivity contribution in [2.75, 3.05) is 18.9 Å². The third-order valence-electron chi connectivity index (χ3n) is 5.30. The molecule has 9 heteroatoms. The molecule has 2 atom stereocenters. The summed E-state index contributed by atoms with van der Waals surface area (Å²) in [7, 11) is 1.70. The summed E-state index contributed by atoms with van der Waals surface area (Å²) in [5.41, 5.74) is 2.66. The highest BCUT2D eigenvalue weighted by atomic mass is 16.3. The van der Waals surface area contributed by atoms with Crippen LogP contribution in [0.2, 0.25) is 0 Å². The fourth-order valence-corrected chi connectivity index (χ4v) is 3.59. The van der Waals surface area contributed by atoms with Gasteiger partial charge in [-0.05, 0) is 25.6 Å². The summed E-state index contributed by atoms with van der Waals surface area (Å²) in [5.74, 6) is 0.979. The number of anilines is 1. The van der Waals surface area contributed by atoms with Crippen molar-refractivity contribution in [1.82, 2.24) is 30.2 Å². The Bertz CT molecular complexity index is 1360. The molecule has 1 unspecified atom stereocenters. The molecule has 0 amide bonds. The first kappa shape index (κ1) is 20.2. The lowest BCUT2D eigenvalue weighted by atomic mass is 9.96. The molecule has 32 heavy (non-hydrogen) atoms. The van der Waals surface area contributed by atoms with E-state index in [1.165, 1.54) is 6.33 Å². The van der Waals surface area contributed by atoms with Crippen LogP contribution in [-0.2, 0) is 0 Å². The zero-order chi connectivity index (χ0) is 23.5. The number of hydrogen-bond acceptors (Lipinski definition) is 8. The van der Waals surface area contributed by atoms with Gasteiger partial charge in [-0.15, -0.1) is 0 Å². The Morgan fingerprint density at radius 2 is 2.03 bits per heavy atom. The monoisotopic (exact) mass is 432 g/mol. The largest absolute Gasteiger partial charge is 0.374 e. The number of fused-ring (bicyclic) bond motifs is 1. The first-order valence-electron chi connectivity index (χ1n) is 10.8. The number of rotatable bonds is 7. The van der Waals surface area contributed by atoms with E-state index in [4.69, 9.17) is 1.37 Å². The molecule has 4 rings (SSSR count). The standard InChI is InChI=1S/C23H25N7O2/c1-13(15-5-4-6-16-17(22(31)24-3)7-8-25-21(15)16)10-27-20-9-19(28-12-29-20)18-11-26-14(2)30-23(18)32/h4-9,11-13,22,24,31H,10H2,1-3H3,(H,26,30,32)(H,27,28,29)/t13-,22?/m1/s1/i11D. The SMILES string of the molecule is [2H]c1nc(C)[nH]c(=O)c1-c1cc(NC[C@@H](C)c2cccc3c(C(O)NC)ccnc23)ncn1. The smallest absolute Gasteiger partial charge is 0.260 e. The normalized spacial score (nSPS) is 13.6. The topological polar surface area (TPSA) is 129 Å². The van der Waals surface area contributed by atoms with Crippen LogP contribution in [0.15, 0.2) is 53.8 Å². The number of aliphatic hydroxyl groups excluding tert-OH is 1. The Morgan fingerprint density at radius 1 is 1.19 bits per heavy atom. The van der Waals surface area contributed by atoms with Gasteiger partial charge in [0.05, 0.1) is 18.1 Å². The molecule has 4 N–H and O–H groups in total. The van der Waals surface area contributed by atoms with E-state index >= 15 is 0 Å². The molecule has 0 aliphatic carbocycles. The molecule has 164 valence electrons. The quantitative estimate of drug-likeness (QED) is 0.328. The fourth-order valence-electron chi connectivity index (χ4n) is 3.59. The minimum Gasteiger partial charge on any atom is -0.374 e. The minimum absolute atomic E-state index is 0.0674. The number of nitrogens with one attached hydrogen (secondary N) is 3. The second-order valence-electron chi connectivity index (χ2n) is 7.54. The predicted octanol–water partition coefficient (Wildman–Crippen LogP) is 2.51. The Hall–Kier alpha value is -3.69. The van der Waals surface area contributed by atoms with Gasteiger partial charge in [0.15, 0.2) is 0 Å². The lowest BCUT2D eigenvalue weighted by Gasteiger charge is -2.18. The van der Waals surface area contributed by atoms with Gasteiger partial charge in [-0.25, -0.2) is 15.0 Å². The summed E-state index contributed by atoms with van der Waals surface area (Å²) in [6, 6.07) is 9.36. The maximum absolute atomic E-state index is 12.3. The molecule has 3 aromatic heterocycles. The summed E-state index contributed by atoms with van der Waals surface area (Å²) >= 11 is 0. The molecule has 0 aliphatic heterocycles. The van der Waals surface area contributed by atoms with Gasteiger partial charge in [0.1, 0.15) is 24.2 Å². The molecular weight excluding hydrogens is 406 g/mol. The molecule has 3 heterocycles. The molecule has 4 aromatic rings. The number of benzene rings is 1. The molecule has 0 saturated heterocycles. The van der Waals surface area contributed by atoms with Crippen LogP contribution in [0.1, 0.15) is 37.4 Å². The summed E-state index contributed by atoms with van der Waals surface area (Å²) in [6.45, 7) is 4.25. The zero-order valence-electron chi connectivity index (χ0n) is 19.0. The molecule has 0 saturated carbocycles. The molecule has 0 fully saturated rings. The Balaban J connectivity index is 1.58. The molecule has 9 nitrogen and oxygen atoms in total. The lowest BCUT2D eigenvalue weighted by Crippen LogP contribution is -2.16. The van der Waals surface area contributed by atoms with Crippen molar-refractivity contribution >= 4 is 16.7 Å². The van der Waals surface area contributed by atoms with Crippen LogP contribution in [0.3, 0.4) is 0 Å². The lowest BCUT2D eigenvalue weighted by molar-refractivity contribution is 0.151. The zero-order valence-corrected chi connectivity index (χ0v) is 18.0. The summed E-state index contributed by atoms with van der Waals surface area (Å²) in [4.78, 5) is 31.9. The van der Waals surface area contributed by atoms with Crippen molar-refractivity contribution in [3.05, 3.63) is 76.3 Å². The van der Waals surface area contributed by atoms with Crippen LogP contribution in [-0.4, -0.2) is 43.6 Å².